The van der Waals surface area contributed by atoms with Gasteiger partial charge in [0.05, 0.1) is 4.91 Å². The topological polar surface area (TPSA) is 174 Å². The fourth-order valence-electron chi connectivity index (χ4n) is 3.70. The number of carboxylic acids is 1. The normalized spacial score (nSPS) is 16.9. The SMILES string of the molecule is CC(C)(C)OC(=O)N[C@@H](Cc1ccccc1)C(=O)N[C@@H](Cc1ccc(C2=CC(=O)NS2(O)O)cc1)C(=O)O. The first-order valence-corrected chi connectivity index (χ1v) is 13.3. The molecule has 0 aliphatic carbocycles. The molecule has 1 heterocycles. The second kappa shape index (κ2) is 11.7. The summed E-state index contributed by atoms with van der Waals surface area (Å²) < 4.78 is 27.4. The van der Waals surface area contributed by atoms with E-state index in [2.05, 4.69) is 15.4 Å². The van der Waals surface area contributed by atoms with Crippen molar-refractivity contribution in [3.05, 3.63) is 77.4 Å². The van der Waals surface area contributed by atoms with Gasteiger partial charge >= 0.3 is 12.1 Å². The molecule has 0 unspecified atom stereocenters. The number of aliphatic carboxylic acids is 1. The van der Waals surface area contributed by atoms with E-state index in [4.69, 9.17) is 4.74 Å². The van der Waals surface area contributed by atoms with Gasteiger partial charge in [0.25, 0.3) is 5.91 Å². The number of nitrogens with one attached hydrogen (secondary N) is 3. The molecule has 12 heteroatoms. The maximum atomic E-state index is 13.1. The van der Waals surface area contributed by atoms with Crippen LogP contribution in [0.3, 0.4) is 0 Å². The number of hydrogen-bond donors (Lipinski definition) is 6. The number of hydrogen-bond acceptors (Lipinski definition) is 7. The standard InChI is InChI=1S/C26H31N3O8S/c1-26(2,3)37-25(34)28-19(13-16-7-5-4-6-8-16)23(31)27-20(24(32)33)14-17-9-11-18(12-10-17)21-15-22(30)29-38(21,35)36/h4-12,15,19-20,35-36H,13-14H2,1-3H3,(H,27,31)(H,28,34)(H,29,30)(H,32,33)/t19-,20-/m0/s1. The number of benzene rings is 2. The Morgan fingerprint density at radius 1 is 0.921 bits per heavy atom. The number of rotatable bonds is 9. The average molecular weight is 546 g/mol. The fraction of sp³-hybridized carbons (Fsp3) is 0.308. The molecule has 2 atom stereocenters. The van der Waals surface area contributed by atoms with Crippen LogP contribution in [-0.4, -0.2) is 55.8 Å². The van der Waals surface area contributed by atoms with E-state index in [0.717, 1.165) is 11.6 Å². The number of alkyl carbamates (subject to hydrolysis) is 1. The van der Waals surface area contributed by atoms with Gasteiger partial charge in [-0.05, 0) is 37.5 Å². The highest BCUT2D eigenvalue weighted by Gasteiger charge is 2.31. The summed E-state index contributed by atoms with van der Waals surface area (Å²) in [5.74, 6) is -2.60. The van der Waals surface area contributed by atoms with Crippen molar-refractivity contribution in [2.75, 3.05) is 0 Å². The Morgan fingerprint density at radius 2 is 1.50 bits per heavy atom. The van der Waals surface area contributed by atoms with Crippen LogP contribution in [-0.2, 0) is 32.0 Å². The van der Waals surface area contributed by atoms with Crippen molar-refractivity contribution in [2.45, 2.75) is 51.3 Å². The second-order valence-electron chi connectivity index (χ2n) is 9.71. The van der Waals surface area contributed by atoms with Crippen LogP contribution in [0.4, 0.5) is 4.79 Å². The van der Waals surface area contributed by atoms with Crippen molar-refractivity contribution >= 4 is 39.6 Å². The predicted molar refractivity (Wildman–Crippen MR) is 142 cm³/mol. The predicted octanol–water partition coefficient (Wildman–Crippen LogP) is 3.07. The molecule has 6 N–H and O–H groups in total. The Hall–Kier alpha value is -3.87. The van der Waals surface area contributed by atoms with Gasteiger partial charge in [-0.2, -0.15) is 0 Å². The molecule has 1 aliphatic rings. The number of carbonyl (C=O) groups excluding carboxylic acids is 3. The Bertz CT molecular complexity index is 1220. The third kappa shape index (κ3) is 8.07. The molecule has 3 amide bonds. The molecule has 0 radical (unpaired) electrons. The maximum absolute atomic E-state index is 13.1. The van der Waals surface area contributed by atoms with E-state index in [1.807, 2.05) is 6.07 Å². The highest BCUT2D eigenvalue weighted by molar-refractivity contribution is 8.31. The number of carbonyl (C=O) groups is 4. The molecule has 11 nitrogen and oxygen atoms in total. The maximum Gasteiger partial charge on any atom is 0.408 e. The minimum Gasteiger partial charge on any atom is -0.480 e. The average Bonchev–Trinajstić information content (AvgIpc) is 3.09. The van der Waals surface area contributed by atoms with Crippen LogP contribution in [0.5, 0.6) is 0 Å². The monoisotopic (exact) mass is 545 g/mol. The van der Waals surface area contributed by atoms with E-state index < -0.39 is 52.3 Å². The lowest BCUT2D eigenvalue weighted by Gasteiger charge is -2.29. The van der Waals surface area contributed by atoms with Crippen LogP contribution in [0.15, 0.2) is 60.7 Å². The van der Waals surface area contributed by atoms with Crippen molar-refractivity contribution in [2.24, 2.45) is 0 Å². The van der Waals surface area contributed by atoms with Gasteiger partial charge in [-0.3, -0.25) is 18.7 Å². The number of ether oxygens (including phenoxy) is 1. The minimum absolute atomic E-state index is 0.0362. The molecule has 1 aliphatic heterocycles. The molecule has 0 saturated carbocycles. The van der Waals surface area contributed by atoms with Gasteiger partial charge in [0, 0.05) is 18.9 Å². The molecule has 2 aromatic rings. The van der Waals surface area contributed by atoms with E-state index in [1.165, 1.54) is 12.1 Å². The van der Waals surface area contributed by atoms with Crippen molar-refractivity contribution < 1.29 is 38.1 Å². The first kappa shape index (κ1) is 28.7. The Kier molecular flexibility index (Phi) is 8.82. The number of amides is 3. The lowest BCUT2D eigenvalue weighted by Crippen LogP contribution is -2.53. The highest BCUT2D eigenvalue weighted by Crippen LogP contribution is 2.52. The number of carboxylic acid groups (broad SMARTS) is 1. The lowest BCUT2D eigenvalue weighted by molar-refractivity contribution is -0.142. The summed E-state index contributed by atoms with van der Waals surface area (Å²) in [5, 5.41) is 14.8. The summed E-state index contributed by atoms with van der Waals surface area (Å²) >= 11 is 0. The molecule has 2 aromatic carbocycles. The van der Waals surface area contributed by atoms with Crippen LogP contribution in [0.1, 0.15) is 37.5 Å². The second-order valence-corrected chi connectivity index (χ2v) is 11.5. The smallest absolute Gasteiger partial charge is 0.408 e. The van der Waals surface area contributed by atoms with Gasteiger partial charge in [-0.15, -0.1) is 0 Å². The Morgan fingerprint density at radius 3 is 2.03 bits per heavy atom. The summed E-state index contributed by atoms with van der Waals surface area (Å²) in [6.07, 6.45) is 0.311. The Labute approximate surface area is 221 Å². The van der Waals surface area contributed by atoms with Crippen LogP contribution in [0.2, 0.25) is 0 Å². The zero-order valence-corrected chi connectivity index (χ0v) is 22.0. The van der Waals surface area contributed by atoms with Crippen molar-refractivity contribution in [3.8, 4) is 0 Å². The first-order valence-electron chi connectivity index (χ1n) is 11.7. The quantitative estimate of drug-likeness (QED) is 0.279. The third-order valence-corrected chi connectivity index (χ3v) is 6.85. The summed E-state index contributed by atoms with van der Waals surface area (Å²) in [7, 11) is -3.45. The molecule has 204 valence electrons. The summed E-state index contributed by atoms with van der Waals surface area (Å²) in [6.45, 7) is 5.06. The zero-order valence-electron chi connectivity index (χ0n) is 21.1. The summed E-state index contributed by atoms with van der Waals surface area (Å²) in [5.41, 5.74) is 0.882. The van der Waals surface area contributed by atoms with Gasteiger partial charge in [0.15, 0.2) is 0 Å². The molecule has 0 aromatic heterocycles. The van der Waals surface area contributed by atoms with E-state index in [1.54, 1.807) is 57.2 Å². The van der Waals surface area contributed by atoms with Crippen LogP contribution < -0.4 is 15.4 Å². The molecule has 38 heavy (non-hydrogen) atoms. The van der Waals surface area contributed by atoms with Gasteiger partial charge in [0.2, 0.25) is 5.91 Å². The molecule has 0 saturated heterocycles. The van der Waals surface area contributed by atoms with Crippen molar-refractivity contribution in [1.82, 2.24) is 15.4 Å². The van der Waals surface area contributed by atoms with E-state index >= 15 is 0 Å². The van der Waals surface area contributed by atoms with E-state index in [-0.39, 0.29) is 17.7 Å². The molecular weight excluding hydrogens is 514 g/mol. The van der Waals surface area contributed by atoms with Crippen LogP contribution in [0.25, 0.3) is 4.91 Å². The van der Waals surface area contributed by atoms with Crippen molar-refractivity contribution in [3.63, 3.8) is 0 Å². The van der Waals surface area contributed by atoms with Gasteiger partial charge in [0.1, 0.15) is 17.7 Å². The van der Waals surface area contributed by atoms with E-state index in [0.29, 0.717) is 11.1 Å². The summed E-state index contributed by atoms with van der Waals surface area (Å²) in [4.78, 5) is 49.1. The first-order chi connectivity index (χ1) is 17.7. The Balaban J connectivity index is 1.73. The lowest BCUT2D eigenvalue weighted by atomic mass is 10.0. The van der Waals surface area contributed by atoms with Gasteiger partial charge in [-0.25, -0.2) is 14.3 Å². The largest absolute Gasteiger partial charge is 0.480 e. The molecule has 0 fully saturated rings. The molecule has 0 spiro atoms. The minimum atomic E-state index is -3.45. The van der Waals surface area contributed by atoms with Crippen molar-refractivity contribution in [1.29, 1.82) is 0 Å². The van der Waals surface area contributed by atoms with Gasteiger partial charge in [-0.1, -0.05) is 65.4 Å². The highest BCUT2D eigenvalue weighted by atomic mass is 32.3. The molecular formula is C26H31N3O8S. The van der Waals surface area contributed by atoms with Gasteiger partial charge < -0.3 is 20.5 Å². The van der Waals surface area contributed by atoms with Crippen LogP contribution >= 0.6 is 10.8 Å². The fourth-order valence-corrected chi connectivity index (χ4v) is 4.88. The zero-order chi connectivity index (χ0) is 28.1. The summed E-state index contributed by atoms with van der Waals surface area (Å²) in [6, 6.07) is 12.7. The van der Waals surface area contributed by atoms with E-state index in [9.17, 15) is 33.4 Å². The molecule has 3 rings (SSSR count). The van der Waals surface area contributed by atoms with Crippen LogP contribution in [0, 0.1) is 0 Å². The third-order valence-electron chi connectivity index (χ3n) is 5.39. The molecule has 0 bridgehead atoms.